The van der Waals surface area contributed by atoms with Gasteiger partial charge in [0, 0.05) is 6.61 Å². The SMILES string of the molecule is CCCC(C)COCC(CO)(NC)C1CC1. The molecule has 0 aromatic rings. The molecule has 0 aliphatic heterocycles. The first-order chi connectivity index (χ1) is 7.68. The van der Waals surface area contributed by atoms with Crippen LogP contribution in [0.4, 0.5) is 0 Å². The fourth-order valence-corrected chi connectivity index (χ4v) is 2.30. The van der Waals surface area contributed by atoms with Crippen molar-refractivity contribution < 1.29 is 9.84 Å². The molecule has 0 heterocycles. The van der Waals surface area contributed by atoms with Crippen molar-refractivity contribution in [2.24, 2.45) is 11.8 Å². The van der Waals surface area contributed by atoms with Gasteiger partial charge >= 0.3 is 0 Å². The lowest BCUT2D eigenvalue weighted by molar-refractivity contribution is 0.0145. The maximum Gasteiger partial charge on any atom is 0.0676 e. The molecule has 0 radical (unpaired) electrons. The van der Waals surface area contributed by atoms with Crippen LogP contribution in [0.5, 0.6) is 0 Å². The highest BCUT2D eigenvalue weighted by molar-refractivity contribution is 5.00. The van der Waals surface area contributed by atoms with Crippen molar-refractivity contribution in [1.82, 2.24) is 5.32 Å². The summed E-state index contributed by atoms with van der Waals surface area (Å²) in [6, 6.07) is 0. The Morgan fingerprint density at radius 3 is 2.62 bits per heavy atom. The third-order valence-electron chi connectivity index (χ3n) is 3.68. The Morgan fingerprint density at radius 2 is 2.19 bits per heavy atom. The van der Waals surface area contributed by atoms with E-state index in [1.165, 1.54) is 25.7 Å². The molecule has 1 aliphatic rings. The minimum atomic E-state index is -0.189. The van der Waals surface area contributed by atoms with Gasteiger partial charge in [-0.05, 0) is 38.1 Å². The Bertz CT molecular complexity index is 188. The molecule has 3 nitrogen and oxygen atoms in total. The van der Waals surface area contributed by atoms with Crippen LogP contribution in [0.25, 0.3) is 0 Å². The Kier molecular flexibility index (Phi) is 5.73. The normalized spacial score (nSPS) is 21.8. The second kappa shape index (κ2) is 6.58. The molecule has 2 N–H and O–H groups in total. The molecule has 0 saturated heterocycles. The molecule has 2 unspecified atom stereocenters. The molecule has 1 fully saturated rings. The predicted octanol–water partition coefficient (Wildman–Crippen LogP) is 1.80. The number of nitrogens with one attached hydrogen (secondary N) is 1. The minimum Gasteiger partial charge on any atom is -0.394 e. The second-order valence-corrected chi connectivity index (χ2v) is 5.25. The quantitative estimate of drug-likeness (QED) is 0.633. The summed E-state index contributed by atoms with van der Waals surface area (Å²) >= 11 is 0. The van der Waals surface area contributed by atoms with E-state index in [2.05, 4.69) is 19.2 Å². The van der Waals surface area contributed by atoms with Crippen LogP contribution in [-0.4, -0.2) is 37.5 Å². The van der Waals surface area contributed by atoms with Crippen LogP contribution in [-0.2, 0) is 4.74 Å². The van der Waals surface area contributed by atoms with E-state index in [9.17, 15) is 5.11 Å². The molecule has 1 rings (SSSR count). The molecule has 2 atom stereocenters. The van der Waals surface area contributed by atoms with Crippen LogP contribution in [0.3, 0.4) is 0 Å². The van der Waals surface area contributed by atoms with Gasteiger partial charge in [0.15, 0.2) is 0 Å². The van der Waals surface area contributed by atoms with E-state index in [1.807, 2.05) is 7.05 Å². The van der Waals surface area contributed by atoms with Crippen LogP contribution in [0.15, 0.2) is 0 Å². The number of aliphatic hydroxyl groups excluding tert-OH is 1. The minimum absolute atomic E-state index is 0.177. The van der Waals surface area contributed by atoms with E-state index < -0.39 is 0 Å². The lowest BCUT2D eigenvalue weighted by Gasteiger charge is -2.32. The van der Waals surface area contributed by atoms with Gasteiger partial charge in [-0.1, -0.05) is 20.3 Å². The number of likely N-dealkylation sites (N-methyl/N-ethyl adjacent to an activating group) is 1. The number of hydrogen-bond donors (Lipinski definition) is 2. The Hall–Kier alpha value is -0.120. The van der Waals surface area contributed by atoms with E-state index in [0.29, 0.717) is 18.4 Å². The lowest BCUT2D eigenvalue weighted by Crippen LogP contribution is -2.52. The van der Waals surface area contributed by atoms with Gasteiger partial charge in [-0.15, -0.1) is 0 Å². The van der Waals surface area contributed by atoms with Crippen molar-refractivity contribution in [1.29, 1.82) is 0 Å². The molecule has 1 saturated carbocycles. The van der Waals surface area contributed by atoms with Crippen LogP contribution in [0.2, 0.25) is 0 Å². The zero-order valence-electron chi connectivity index (χ0n) is 11.0. The van der Waals surface area contributed by atoms with Crippen molar-refractivity contribution in [3.8, 4) is 0 Å². The van der Waals surface area contributed by atoms with E-state index in [0.717, 1.165) is 6.61 Å². The molecular formula is C13H27NO2. The highest BCUT2D eigenvalue weighted by Crippen LogP contribution is 2.39. The summed E-state index contributed by atoms with van der Waals surface area (Å²) in [5.74, 6) is 1.22. The van der Waals surface area contributed by atoms with Gasteiger partial charge in [0.05, 0.1) is 18.8 Å². The highest BCUT2D eigenvalue weighted by Gasteiger charge is 2.44. The molecule has 0 bridgehead atoms. The van der Waals surface area contributed by atoms with Crippen molar-refractivity contribution in [2.75, 3.05) is 26.9 Å². The van der Waals surface area contributed by atoms with Gasteiger partial charge in [0.25, 0.3) is 0 Å². The summed E-state index contributed by atoms with van der Waals surface area (Å²) in [4.78, 5) is 0. The summed E-state index contributed by atoms with van der Waals surface area (Å²) < 4.78 is 5.77. The first-order valence-electron chi connectivity index (χ1n) is 6.56. The Labute approximate surface area is 99.6 Å². The number of rotatable bonds is 9. The third-order valence-corrected chi connectivity index (χ3v) is 3.68. The van der Waals surface area contributed by atoms with Gasteiger partial charge < -0.3 is 15.2 Å². The van der Waals surface area contributed by atoms with Gasteiger partial charge in [-0.2, -0.15) is 0 Å². The first-order valence-corrected chi connectivity index (χ1v) is 6.56. The van der Waals surface area contributed by atoms with Gasteiger partial charge in [0.1, 0.15) is 0 Å². The zero-order valence-corrected chi connectivity index (χ0v) is 11.0. The Morgan fingerprint density at radius 1 is 1.50 bits per heavy atom. The fraction of sp³-hybridized carbons (Fsp3) is 1.00. The van der Waals surface area contributed by atoms with Crippen molar-refractivity contribution in [2.45, 2.75) is 45.1 Å². The van der Waals surface area contributed by atoms with E-state index in [1.54, 1.807) is 0 Å². The summed E-state index contributed by atoms with van der Waals surface area (Å²) in [5, 5.41) is 12.8. The summed E-state index contributed by atoms with van der Waals surface area (Å²) in [7, 11) is 1.92. The smallest absolute Gasteiger partial charge is 0.0676 e. The average Bonchev–Trinajstić information content (AvgIpc) is 3.09. The maximum absolute atomic E-state index is 9.51. The van der Waals surface area contributed by atoms with E-state index >= 15 is 0 Å². The number of hydrogen-bond acceptors (Lipinski definition) is 3. The second-order valence-electron chi connectivity index (χ2n) is 5.25. The molecular weight excluding hydrogens is 202 g/mol. The summed E-state index contributed by atoms with van der Waals surface area (Å²) in [6.07, 6.45) is 4.87. The van der Waals surface area contributed by atoms with Crippen LogP contribution in [0, 0.1) is 11.8 Å². The Balaban J connectivity index is 2.27. The van der Waals surface area contributed by atoms with Crippen molar-refractivity contribution in [3.63, 3.8) is 0 Å². The van der Waals surface area contributed by atoms with Gasteiger partial charge in [-0.25, -0.2) is 0 Å². The van der Waals surface area contributed by atoms with Gasteiger partial charge in [0.2, 0.25) is 0 Å². The molecule has 96 valence electrons. The first kappa shape index (κ1) is 13.9. The molecule has 0 amide bonds. The van der Waals surface area contributed by atoms with Crippen LogP contribution >= 0.6 is 0 Å². The lowest BCUT2D eigenvalue weighted by atomic mass is 9.95. The predicted molar refractivity (Wildman–Crippen MR) is 66.5 cm³/mol. The standard InChI is InChI=1S/C13H27NO2/c1-4-5-11(2)8-16-10-13(9-15,14-3)12-6-7-12/h11-12,14-15H,4-10H2,1-3H3. The van der Waals surface area contributed by atoms with Crippen LogP contribution < -0.4 is 5.32 Å². The number of aliphatic hydroxyl groups is 1. The maximum atomic E-state index is 9.51. The molecule has 16 heavy (non-hydrogen) atoms. The molecule has 0 aromatic heterocycles. The number of ether oxygens (including phenoxy) is 1. The molecule has 0 spiro atoms. The monoisotopic (exact) mass is 229 g/mol. The van der Waals surface area contributed by atoms with Crippen molar-refractivity contribution >= 4 is 0 Å². The highest BCUT2D eigenvalue weighted by atomic mass is 16.5. The molecule has 1 aliphatic carbocycles. The van der Waals surface area contributed by atoms with E-state index in [4.69, 9.17) is 4.74 Å². The average molecular weight is 229 g/mol. The van der Waals surface area contributed by atoms with Crippen LogP contribution in [0.1, 0.15) is 39.5 Å². The fourth-order valence-electron chi connectivity index (χ4n) is 2.30. The van der Waals surface area contributed by atoms with E-state index in [-0.39, 0.29) is 12.1 Å². The van der Waals surface area contributed by atoms with Crippen molar-refractivity contribution in [3.05, 3.63) is 0 Å². The van der Waals surface area contributed by atoms with Gasteiger partial charge in [-0.3, -0.25) is 0 Å². The topological polar surface area (TPSA) is 41.5 Å². The third kappa shape index (κ3) is 3.72. The zero-order chi connectivity index (χ0) is 12.0. The summed E-state index contributed by atoms with van der Waals surface area (Å²) in [5.41, 5.74) is -0.189. The molecule has 3 heteroatoms. The summed E-state index contributed by atoms with van der Waals surface area (Å²) in [6.45, 7) is 6.05. The largest absolute Gasteiger partial charge is 0.394 e. The molecule has 0 aromatic carbocycles.